The minimum absolute atomic E-state index is 0.183. The Balaban J connectivity index is 1.89. The van der Waals surface area contributed by atoms with Gasteiger partial charge in [0.05, 0.1) is 16.9 Å². The van der Waals surface area contributed by atoms with E-state index < -0.39 is 5.76 Å². The third-order valence-electron chi connectivity index (χ3n) is 4.08. The van der Waals surface area contributed by atoms with E-state index in [-0.39, 0.29) is 18.6 Å². The van der Waals surface area contributed by atoms with Crippen LogP contribution in [0.4, 0.5) is 11.4 Å². The lowest BCUT2D eigenvalue weighted by molar-refractivity contribution is 0.178. The van der Waals surface area contributed by atoms with Crippen LogP contribution in [0.1, 0.15) is 25.7 Å². The number of aromatic nitrogens is 1. The van der Waals surface area contributed by atoms with Gasteiger partial charge in [-0.05, 0) is 18.9 Å². The Morgan fingerprint density at radius 2 is 2.20 bits per heavy atom. The predicted octanol–water partition coefficient (Wildman–Crippen LogP) is 1.67. The maximum Gasteiger partial charge on any atom is 0.417 e. The fraction of sp³-hybridized carbons (Fsp3) is 0.500. The highest BCUT2D eigenvalue weighted by molar-refractivity contribution is 5.85. The van der Waals surface area contributed by atoms with Crippen molar-refractivity contribution in [1.82, 2.24) is 4.98 Å². The number of nitrogens with two attached hydrogens (primary N) is 1. The number of hydrogen-bond acceptors (Lipinski definition) is 5. The molecule has 1 aromatic heterocycles. The standard InChI is InChI=1S/C14H19N3O3/c15-9-5-13-12(17-14(19)20-13)6-11(9)16-10-4-2-1-3-8(10)7-18/h5-6,8,10,16,18H,1-4,7,15H2,(H,17,19). The molecule has 108 valence electrons. The van der Waals surface area contributed by atoms with Gasteiger partial charge in [0, 0.05) is 24.6 Å². The van der Waals surface area contributed by atoms with Crippen LogP contribution in [0.5, 0.6) is 0 Å². The van der Waals surface area contributed by atoms with E-state index >= 15 is 0 Å². The maximum absolute atomic E-state index is 11.2. The largest absolute Gasteiger partial charge is 0.417 e. The topological polar surface area (TPSA) is 104 Å². The first-order valence-electron chi connectivity index (χ1n) is 6.97. The Labute approximate surface area is 116 Å². The molecule has 0 spiro atoms. The van der Waals surface area contributed by atoms with E-state index in [0.717, 1.165) is 31.4 Å². The fourth-order valence-electron chi connectivity index (χ4n) is 2.95. The molecule has 5 N–H and O–H groups in total. The van der Waals surface area contributed by atoms with E-state index in [2.05, 4.69) is 10.3 Å². The molecule has 6 nitrogen and oxygen atoms in total. The van der Waals surface area contributed by atoms with Gasteiger partial charge in [0.15, 0.2) is 5.58 Å². The predicted molar refractivity (Wildman–Crippen MR) is 77.7 cm³/mol. The van der Waals surface area contributed by atoms with E-state index in [9.17, 15) is 9.90 Å². The Kier molecular flexibility index (Phi) is 3.40. The normalized spacial score (nSPS) is 23.1. The van der Waals surface area contributed by atoms with E-state index in [4.69, 9.17) is 10.2 Å². The first kappa shape index (κ1) is 13.1. The molecule has 0 bridgehead atoms. The summed E-state index contributed by atoms with van der Waals surface area (Å²) in [4.78, 5) is 13.8. The summed E-state index contributed by atoms with van der Waals surface area (Å²) in [6, 6.07) is 3.65. The number of aromatic amines is 1. The number of nitrogen functional groups attached to an aromatic ring is 1. The lowest BCUT2D eigenvalue weighted by Crippen LogP contribution is -2.34. The van der Waals surface area contributed by atoms with E-state index in [0.29, 0.717) is 16.8 Å². The molecule has 1 saturated carbocycles. The molecule has 1 aliphatic rings. The SMILES string of the molecule is Nc1cc2oc(=O)[nH]c2cc1NC1CCCCC1CO. The van der Waals surface area contributed by atoms with E-state index in [1.807, 2.05) is 0 Å². The summed E-state index contributed by atoms with van der Waals surface area (Å²) in [7, 11) is 0. The second-order valence-corrected chi connectivity index (χ2v) is 5.43. The van der Waals surface area contributed by atoms with Gasteiger partial charge >= 0.3 is 5.76 Å². The van der Waals surface area contributed by atoms with Crippen molar-refractivity contribution in [2.75, 3.05) is 17.7 Å². The molecule has 6 heteroatoms. The van der Waals surface area contributed by atoms with Crippen LogP contribution in [0, 0.1) is 5.92 Å². The van der Waals surface area contributed by atoms with Gasteiger partial charge in [0.2, 0.25) is 0 Å². The van der Waals surface area contributed by atoms with Crippen LogP contribution in [0.2, 0.25) is 0 Å². The van der Waals surface area contributed by atoms with Crippen LogP contribution in [-0.4, -0.2) is 22.7 Å². The summed E-state index contributed by atoms with van der Waals surface area (Å²) in [6.45, 7) is 0.183. The van der Waals surface area contributed by atoms with Crippen molar-refractivity contribution in [3.8, 4) is 0 Å². The van der Waals surface area contributed by atoms with Gasteiger partial charge in [-0.1, -0.05) is 12.8 Å². The quantitative estimate of drug-likeness (QED) is 0.639. The Hall–Kier alpha value is -1.95. The molecular formula is C14H19N3O3. The van der Waals surface area contributed by atoms with E-state index in [1.54, 1.807) is 12.1 Å². The monoisotopic (exact) mass is 277 g/mol. The second kappa shape index (κ2) is 5.20. The van der Waals surface area contributed by atoms with Crippen LogP contribution in [0.25, 0.3) is 11.1 Å². The van der Waals surface area contributed by atoms with Crippen molar-refractivity contribution in [2.24, 2.45) is 5.92 Å². The van der Waals surface area contributed by atoms with Crippen LogP contribution in [0.3, 0.4) is 0 Å². The fourth-order valence-corrected chi connectivity index (χ4v) is 2.95. The number of H-pyrrole nitrogens is 1. The molecule has 2 atom stereocenters. The van der Waals surface area contributed by atoms with Gasteiger partial charge in [0.1, 0.15) is 0 Å². The zero-order valence-corrected chi connectivity index (χ0v) is 11.2. The zero-order chi connectivity index (χ0) is 14.1. The Morgan fingerprint density at radius 3 is 3.00 bits per heavy atom. The van der Waals surface area contributed by atoms with Crippen molar-refractivity contribution in [1.29, 1.82) is 0 Å². The number of benzene rings is 1. The molecule has 1 heterocycles. The molecule has 0 saturated heterocycles. The smallest absolute Gasteiger partial charge is 0.408 e. The molecule has 1 fully saturated rings. The molecule has 2 aromatic rings. The summed E-state index contributed by atoms with van der Waals surface area (Å²) >= 11 is 0. The molecule has 2 unspecified atom stereocenters. The molecule has 1 aromatic carbocycles. The van der Waals surface area contributed by atoms with Gasteiger partial charge in [-0.3, -0.25) is 4.98 Å². The minimum atomic E-state index is -0.484. The van der Waals surface area contributed by atoms with Gasteiger partial charge in [-0.25, -0.2) is 4.79 Å². The molecule has 20 heavy (non-hydrogen) atoms. The lowest BCUT2D eigenvalue weighted by Gasteiger charge is -2.32. The van der Waals surface area contributed by atoms with Crippen LogP contribution < -0.4 is 16.8 Å². The summed E-state index contributed by atoms with van der Waals surface area (Å²) in [6.07, 6.45) is 4.36. The van der Waals surface area contributed by atoms with Crippen molar-refractivity contribution >= 4 is 22.5 Å². The highest BCUT2D eigenvalue weighted by atomic mass is 16.4. The number of aliphatic hydroxyl groups excluding tert-OH is 1. The van der Waals surface area contributed by atoms with Crippen molar-refractivity contribution in [3.63, 3.8) is 0 Å². The Bertz CT molecular complexity index is 661. The molecule has 1 aliphatic carbocycles. The minimum Gasteiger partial charge on any atom is -0.408 e. The summed E-state index contributed by atoms with van der Waals surface area (Å²) in [5.41, 5.74) is 8.41. The van der Waals surface area contributed by atoms with Crippen LogP contribution >= 0.6 is 0 Å². The molecule has 0 amide bonds. The summed E-state index contributed by atoms with van der Waals surface area (Å²) in [5.74, 6) is -0.232. The number of anilines is 2. The molecule has 0 radical (unpaired) electrons. The average Bonchev–Trinajstić information content (AvgIpc) is 2.79. The lowest BCUT2D eigenvalue weighted by atomic mass is 9.85. The van der Waals surface area contributed by atoms with Crippen molar-refractivity contribution in [2.45, 2.75) is 31.7 Å². The number of oxazole rings is 1. The maximum atomic E-state index is 11.2. The summed E-state index contributed by atoms with van der Waals surface area (Å²) < 4.78 is 4.98. The van der Waals surface area contributed by atoms with Gasteiger partial charge in [-0.2, -0.15) is 0 Å². The number of rotatable bonds is 3. The first-order valence-corrected chi connectivity index (χ1v) is 6.97. The van der Waals surface area contributed by atoms with Crippen molar-refractivity contribution < 1.29 is 9.52 Å². The van der Waals surface area contributed by atoms with Crippen LogP contribution in [0.15, 0.2) is 21.3 Å². The van der Waals surface area contributed by atoms with Gasteiger partial charge in [-0.15, -0.1) is 0 Å². The highest BCUT2D eigenvalue weighted by Crippen LogP contribution is 2.30. The third-order valence-corrected chi connectivity index (χ3v) is 4.08. The number of nitrogens with one attached hydrogen (secondary N) is 2. The number of fused-ring (bicyclic) bond motifs is 1. The van der Waals surface area contributed by atoms with Gasteiger partial charge < -0.3 is 20.6 Å². The Morgan fingerprint density at radius 1 is 1.40 bits per heavy atom. The van der Waals surface area contributed by atoms with Crippen molar-refractivity contribution in [3.05, 3.63) is 22.7 Å². The number of aliphatic hydroxyl groups is 1. The average molecular weight is 277 g/mol. The highest BCUT2D eigenvalue weighted by Gasteiger charge is 2.25. The first-order chi connectivity index (χ1) is 9.67. The van der Waals surface area contributed by atoms with Gasteiger partial charge in [0.25, 0.3) is 0 Å². The zero-order valence-electron chi connectivity index (χ0n) is 11.2. The van der Waals surface area contributed by atoms with Crippen LogP contribution in [-0.2, 0) is 0 Å². The third kappa shape index (κ3) is 2.38. The molecule has 3 rings (SSSR count). The molecular weight excluding hydrogens is 258 g/mol. The number of hydrogen-bond donors (Lipinski definition) is 4. The summed E-state index contributed by atoms with van der Waals surface area (Å²) in [5, 5.41) is 12.9. The van der Waals surface area contributed by atoms with E-state index in [1.165, 1.54) is 0 Å². The molecule has 0 aliphatic heterocycles. The second-order valence-electron chi connectivity index (χ2n) is 5.43.